The minimum absolute atomic E-state index is 0.0652. The highest BCUT2D eigenvalue weighted by Crippen LogP contribution is 2.28. The molecule has 0 unspecified atom stereocenters. The summed E-state index contributed by atoms with van der Waals surface area (Å²) in [5.41, 5.74) is 2.17. The molecule has 0 bridgehead atoms. The van der Waals surface area contributed by atoms with Crippen LogP contribution in [0.5, 0.6) is 0 Å². The van der Waals surface area contributed by atoms with Crippen molar-refractivity contribution in [2.75, 3.05) is 11.9 Å². The number of benzene rings is 3. The summed E-state index contributed by atoms with van der Waals surface area (Å²) in [5, 5.41) is 5.61. The van der Waals surface area contributed by atoms with Crippen molar-refractivity contribution in [3.63, 3.8) is 0 Å². The minimum Gasteiger partial charge on any atom is -0.348 e. The van der Waals surface area contributed by atoms with Gasteiger partial charge < -0.3 is 10.6 Å². The van der Waals surface area contributed by atoms with Gasteiger partial charge in [-0.15, -0.1) is 0 Å². The maximum Gasteiger partial charge on any atom is 0.255 e. The number of nitrogens with one attached hydrogen (secondary N) is 3. The van der Waals surface area contributed by atoms with Crippen LogP contribution in [0, 0.1) is 5.92 Å². The zero-order chi connectivity index (χ0) is 23.3. The van der Waals surface area contributed by atoms with E-state index in [9.17, 15) is 18.0 Å². The lowest BCUT2D eigenvalue weighted by molar-refractivity contribution is 0.0950. The van der Waals surface area contributed by atoms with E-state index >= 15 is 0 Å². The number of amides is 2. The van der Waals surface area contributed by atoms with Gasteiger partial charge in [-0.3, -0.25) is 9.59 Å². The van der Waals surface area contributed by atoms with E-state index in [1.54, 1.807) is 42.5 Å². The largest absolute Gasteiger partial charge is 0.348 e. The number of carbonyl (C=O) groups is 2. The molecule has 2 amide bonds. The van der Waals surface area contributed by atoms with Crippen LogP contribution in [0.3, 0.4) is 0 Å². The molecule has 33 heavy (non-hydrogen) atoms. The van der Waals surface area contributed by atoms with Gasteiger partial charge in [0.15, 0.2) is 0 Å². The van der Waals surface area contributed by atoms with Gasteiger partial charge in [-0.05, 0) is 66.8 Å². The molecule has 3 N–H and O–H groups in total. The third kappa shape index (κ3) is 6.27. The topological polar surface area (TPSA) is 104 Å². The second kappa shape index (κ2) is 9.97. The van der Waals surface area contributed by atoms with E-state index in [-0.39, 0.29) is 22.9 Å². The van der Waals surface area contributed by atoms with Gasteiger partial charge in [-0.1, -0.05) is 36.4 Å². The van der Waals surface area contributed by atoms with Crippen LogP contribution in [0.25, 0.3) is 0 Å². The van der Waals surface area contributed by atoms with E-state index < -0.39 is 15.9 Å². The monoisotopic (exact) mass is 463 g/mol. The zero-order valence-electron chi connectivity index (χ0n) is 18.0. The molecule has 7 nitrogen and oxygen atoms in total. The molecule has 0 radical (unpaired) electrons. The predicted molar refractivity (Wildman–Crippen MR) is 126 cm³/mol. The fourth-order valence-corrected chi connectivity index (χ4v) is 4.43. The van der Waals surface area contributed by atoms with Crippen LogP contribution in [0.1, 0.15) is 39.1 Å². The standard InChI is InChI=1S/C25H25N3O4S/c29-24(21-8-5-11-23(15-21)33(31,32)27-17-18-12-13-18)26-16-19-6-4-7-20(14-19)25(30)28-22-9-2-1-3-10-22/h1-11,14-15,18,27H,12-13,16-17H2,(H,26,29)(H,28,30). The van der Waals surface area contributed by atoms with Crippen LogP contribution in [-0.2, 0) is 16.6 Å². The van der Waals surface area contributed by atoms with Crippen molar-refractivity contribution in [1.82, 2.24) is 10.0 Å². The Morgan fingerprint density at radius 1 is 0.818 bits per heavy atom. The van der Waals surface area contributed by atoms with E-state index in [0.29, 0.717) is 23.7 Å². The molecule has 8 heteroatoms. The molecule has 0 atom stereocenters. The smallest absolute Gasteiger partial charge is 0.255 e. The van der Waals surface area contributed by atoms with Gasteiger partial charge in [-0.25, -0.2) is 13.1 Å². The van der Waals surface area contributed by atoms with E-state index in [2.05, 4.69) is 15.4 Å². The Labute approximate surface area is 193 Å². The number of hydrogen-bond donors (Lipinski definition) is 3. The summed E-state index contributed by atoms with van der Waals surface area (Å²) in [6.45, 7) is 0.620. The lowest BCUT2D eigenvalue weighted by atomic mass is 10.1. The quantitative estimate of drug-likeness (QED) is 0.451. The van der Waals surface area contributed by atoms with Gasteiger partial charge in [0, 0.05) is 29.9 Å². The minimum atomic E-state index is -3.65. The molecule has 0 saturated heterocycles. The molecule has 3 aromatic rings. The molecule has 4 rings (SSSR count). The molecule has 0 aliphatic heterocycles. The van der Waals surface area contributed by atoms with E-state index in [1.807, 2.05) is 24.3 Å². The van der Waals surface area contributed by atoms with Crippen molar-refractivity contribution < 1.29 is 18.0 Å². The molecule has 1 fully saturated rings. The molecule has 1 saturated carbocycles. The van der Waals surface area contributed by atoms with Crippen molar-refractivity contribution in [3.8, 4) is 0 Å². The first-order valence-corrected chi connectivity index (χ1v) is 12.2. The molecule has 0 aromatic heterocycles. The number of anilines is 1. The van der Waals surface area contributed by atoms with Gasteiger partial charge in [0.1, 0.15) is 0 Å². The average molecular weight is 464 g/mol. The Balaban J connectivity index is 1.38. The van der Waals surface area contributed by atoms with E-state index in [1.165, 1.54) is 12.1 Å². The van der Waals surface area contributed by atoms with Crippen LogP contribution in [0.2, 0.25) is 0 Å². The van der Waals surface area contributed by atoms with Gasteiger partial charge in [0.25, 0.3) is 11.8 Å². The van der Waals surface area contributed by atoms with Gasteiger partial charge in [-0.2, -0.15) is 0 Å². The molecule has 0 spiro atoms. The zero-order valence-corrected chi connectivity index (χ0v) is 18.8. The van der Waals surface area contributed by atoms with Gasteiger partial charge >= 0.3 is 0 Å². The van der Waals surface area contributed by atoms with Gasteiger partial charge in [0.2, 0.25) is 10.0 Å². The Kier molecular flexibility index (Phi) is 6.86. The highest BCUT2D eigenvalue weighted by Gasteiger charge is 2.24. The second-order valence-electron chi connectivity index (χ2n) is 8.03. The van der Waals surface area contributed by atoms with Crippen LogP contribution < -0.4 is 15.4 Å². The number of sulfonamides is 1. The molecular formula is C25H25N3O4S. The summed E-state index contributed by atoms with van der Waals surface area (Å²) in [6.07, 6.45) is 2.08. The number of carbonyl (C=O) groups excluding carboxylic acids is 2. The first-order valence-electron chi connectivity index (χ1n) is 10.7. The summed E-state index contributed by atoms with van der Waals surface area (Å²) in [5.74, 6) is -0.226. The first-order chi connectivity index (χ1) is 15.9. The van der Waals surface area contributed by atoms with Crippen LogP contribution in [-0.4, -0.2) is 26.8 Å². The van der Waals surface area contributed by atoms with Crippen molar-refractivity contribution in [1.29, 1.82) is 0 Å². The predicted octanol–water partition coefficient (Wildman–Crippen LogP) is 3.56. The molecular weight excluding hydrogens is 438 g/mol. The first kappa shape index (κ1) is 22.7. The molecule has 3 aromatic carbocycles. The van der Waals surface area contributed by atoms with Gasteiger partial charge in [0.05, 0.1) is 4.90 Å². The second-order valence-corrected chi connectivity index (χ2v) is 9.79. The third-order valence-corrected chi connectivity index (χ3v) is 6.76. The fourth-order valence-electron chi connectivity index (χ4n) is 3.27. The Morgan fingerprint density at radius 2 is 1.52 bits per heavy atom. The summed E-state index contributed by atoms with van der Waals surface area (Å²) in [7, 11) is -3.65. The van der Waals surface area contributed by atoms with Crippen LogP contribution >= 0.6 is 0 Å². The Hall–Kier alpha value is -3.49. The van der Waals surface area contributed by atoms with Crippen molar-refractivity contribution >= 4 is 27.5 Å². The summed E-state index contributed by atoms with van der Waals surface area (Å²) in [4.78, 5) is 25.2. The number of rotatable bonds is 9. The maximum atomic E-state index is 12.6. The summed E-state index contributed by atoms with van der Waals surface area (Å²) < 4.78 is 27.5. The number of para-hydroxylation sites is 1. The highest BCUT2D eigenvalue weighted by atomic mass is 32.2. The van der Waals surface area contributed by atoms with Crippen LogP contribution in [0.15, 0.2) is 83.8 Å². The molecule has 0 heterocycles. The van der Waals surface area contributed by atoms with Crippen molar-refractivity contribution in [3.05, 3.63) is 95.6 Å². The maximum absolute atomic E-state index is 12.6. The van der Waals surface area contributed by atoms with Crippen LogP contribution in [0.4, 0.5) is 5.69 Å². The molecule has 1 aliphatic rings. The normalized spacial score (nSPS) is 13.3. The van der Waals surface area contributed by atoms with Crippen molar-refractivity contribution in [2.45, 2.75) is 24.3 Å². The lowest BCUT2D eigenvalue weighted by Gasteiger charge is -2.10. The molecule has 1 aliphatic carbocycles. The Morgan fingerprint density at radius 3 is 2.24 bits per heavy atom. The SMILES string of the molecule is O=C(NCc1cccc(C(=O)Nc2ccccc2)c1)c1cccc(S(=O)(=O)NCC2CC2)c1. The van der Waals surface area contributed by atoms with E-state index in [4.69, 9.17) is 0 Å². The summed E-state index contributed by atoms with van der Waals surface area (Å²) in [6, 6.07) is 22.1. The van der Waals surface area contributed by atoms with E-state index in [0.717, 1.165) is 18.4 Å². The Bertz CT molecular complexity index is 1260. The highest BCUT2D eigenvalue weighted by molar-refractivity contribution is 7.89. The number of hydrogen-bond acceptors (Lipinski definition) is 4. The molecule has 170 valence electrons. The average Bonchev–Trinajstić information content (AvgIpc) is 3.67. The fraction of sp³-hybridized carbons (Fsp3) is 0.200. The van der Waals surface area contributed by atoms with Crippen molar-refractivity contribution in [2.24, 2.45) is 5.92 Å². The third-order valence-electron chi connectivity index (χ3n) is 5.34. The summed E-state index contributed by atoms with van der Waals surface area (Å²) >= 11 is 0. The lowest BCUT2D eigenvalue weighted by Crippen LogP contribution is -2.27.